The Labute approximate surface area is 127 Å². The number of rotatable bonds is 2. The second-order valence-electron chi connectivity index (χ2n) is 5.14. The van der Waals surface area contributed by atoms with Crippen LogP contribution in [-0.2, 0) is 9.59 Å². The predicted octanol–water partition coefficient (Wildman–Crippen LogP) is 2.97. The van der Waals surface area contributed by atoms with Crippen molar-refractivity contribution in [1.29, 1.82) is 0 Å². The fourth-order valence-corrected chi connectivity index (χ4v) is 2.67. The summed E-state index contributed by atoms with van der Waals surface area (Å²) in [5.74, 6) is 0.228. The van der Waals surface area contributed by atoms with Crippen molar-refractivity contribution < 1.29 is 14.3 Å². The molecule has 0 saturated heterocycles. The summed E-state index contributed by atoms with van der Waals surface area (Å²) in [5, 5.41) is 5.89. The summed E-state index contributed by atoms with van der Waals surface area (Å²) >= 11 is 6.16. The number of anilines is 2. The molecule has 3 rings (SSSR count). The maximum atomic E-state index is 12.2. The molecule has 21 heavy (non-hydrogen) atoms. The van der Waals surface area contributed by atoms with Crippen LogP contribution < -0.4 is 15.4 Å². The van der Waals surface area contributed by atoms with Crippen molar-refractivity contribution >= 4 is 34.8 Å². The second-order valence-corrected chi connectivity index (χ2v) is 5.54. The third-order valence-electron chi connectivity index (χ3n) is 3.60. The molecule has 1 aromatic carbocycles. The molecule has 0 bridgehead atoms. The van der Waals surface area contributed by atoms with E-state index in [9.17, 15) is 9.59 Å². The van der Waals surface area contributed by atoms with Crippen LogP contribution in [-0.4, -0.2) is 18.4 Å². The SMILES string of the molecule is O=C1COc2cc(NC(=O)[C@@H]3CC=CCC3)c(Cl)cc2N1. The van der Waals surface area contributed by atoms with E-state index in [0.717, 1.165) is 19.3 Å². The largest absolute Gasteiger partial charge is 0.482 e. The second kappa shape index (κ2) is 5.77. The normalized spacial score (nSPS) is 20.2. The zero-order chi connectivity index (χ0) is 14.8. The quantitative estimate of drug-likeness (QED) is 0.825. The average molecular weight is 307 g/mol. The molecule has 5 nitrogen and oxygen atoms in total. The van der Waals surface area contributed by atoms with Gasteiger partial charge in [0.05, 0.1) is 16.4 Å². The molecule has 6 heteroatoms. The number of amides is 2. The van der Waals surface area contributed by atoms with E-state index in [-0.39, 0.29) is 24.3 Å². The van der Waals surface area contributed by atoms with Crippen molar-refractivity contribution in [2.45, 2.75) is 19.3 Å². The molecule has 0 radical (unpaired) electrons. The molecule has 0 fully saturated rings. The minimum absolute atomic E-state index is 0.0253. The lowest BCUT2D eigenvalue weighted by molar-refractivity contribution is -0.120. The molecule has 0 unspecified atom stereocenters. The van der Waals surface area contributed by atoms with Crippen molar-refractivity contribution in [1.82, 2.24) is 0 Å². The van der Waals surface area contributed by atoms with Gasteiger partial charge in [0, 0.05) is 12.0 Å². The molecule has 0 spiro atoms. The van der Waals surface area contributed by atoms with Gasteiger partial charge in [0.25, 0.3) is 5.91 Å². The van der Waals surface area contributed by atoms with E-state index >= 15 is 0 Å². The molecule has 1 aliphatic heterocycles. The van der Waals surface area contributed by atoms with Gasteiger partial charge in [-0.25, -0.2) is 0 Å². The van der Waals surface area contributed by atoms with Gasteiger partial charge in [-0.3, -0.25) is 9.59 Å². The van der Waals surface area contributed by atoms with Crippen LogP contribution in [0.3, 0.4) is 0 Å². The average Bonchev–Trinajstić information content (AvgIpc) is 2.49. The first-order valence-corrected chi connectivity index (χ1v) is 7.23. The monoisotopic (exact) mass is 306 g/mol. The van der Waals surface area contributed by atoms with Crippen LogP contribution in [0, 0.1) is 5.92 Å². The highest BCUT2D eigenvalue weighted by atomic mass is 35.5. The van der Waals surface area contributed by atoms with E-state index in [2.05, 4.69) is 16.7 Å². The minimum atomic E-state index is -0.218. The summed E-state index contributed by atoms with van der Waals surface area (Å²) in [6.45, 7) is -0.0323. The molecule has 2 N–H and O–H groups in total. The lowest BCUT2D eigenvalue weighted by Gasteiger charge is -2.21. The van der Waals surface area contributed by atoms with Crippen LogP contribution in [0.2, 0.25) is 5.02 Å². The standard InChI is InChI=1S/C15H15ClN2O3/c16-10-6-12-13(21-8-14(19)17-12)7-11(10)18-15(20)9-4-2-1-3-5-9/h1-2,6-7,9H,3-5,8H2,(H,17,19)(H,18,20)/t9-/m1/s1. The smallest absolute Gasteiger partial charge is 0.262 e. The van der Waals surface area contributed by atoms with Crippen molar-refractivity contribution in [2.24, 2.45) is 5.92 Å². The van der Waals surface area contributed by atoms with Crippen molar-refractivity contribution in [3.05, 3.63) is 29.3 Å². The molecule has 1 heterocycles. The highest BCUT2D eigenvalue weighted by Crippen LogP contribution is 2.36. The molecular weight excluding hydrogens is 292 g/mol. The van der Waals surface area contributed by atoms with Gasteiger partial charge in [-0.2, -0.15) is 0 Å². The lowest BCUT2D eigenvalue weighted by Crippen LogP contribution is -2.26. The highest BCUT2D eigenvalue weighted by Gasteiger charge is 2.22. The molecule has 1 aromatic rings. The van der Waals surface area contributed by atoms with Crippen LogP contribution in [0.5, 0.6) is 5.75 Å². The number of allylic oxidation sites excluding steroid dienone is 2. The molecule has 0 saturated carbocycles. The first-order chi connectivity index (χ1) is 10.1. The first-order valence-electron chi connectivity index (χ1n) is 6.85. The van der Waals surface area contributed by atoms with Crippen LogP contribution in [0.25, 0.3) is 0 Å². The van der Waals surface area contributed by atoms with E-state index < -0.39 is 0 Å². The van der Waals surface area contributed by atoms with Crippen LogP contribution in [0.1, 0.15) is 19.3 Å². The zero-order valence-corrected chi connectivity index (χ0v) is 12.1. The Morgan fingerprint density at radius 1 is 1.38 bits per heavy atom. The van der Waals surface area contributed by atoms with Gasteiger partial charge < -0.3 is 15.4 Å². The number of benzene rings is 1. The van der Waals surface area contributed by atoms with Crippen molar-refractivity contribution in [2.75, 3.05) is 17.2 Å². The number of carbonyl (C=O) groups excluding carboxylic acids is 2. The number of halogens is 1. The molecule has 2 amide bonds. The van der Waals surface area contributed by atoms with E-state index in [1.165, 1.54) is 0 Å². The van der Waals surface area contributed by atoms with Gasteiger partial charge in [0.1, 0.15) is 5.75 Å². The van der Waals surface area contributed by atoms with E-state index in [4.69, 9.17) is 16.3 Å². The summed E-state index contributed by atoms with van der Waals surface area (Å²) in [4.78, 5) is 23.5. The number of carbonyl (C=O) groups is 2. The molecule has 2 aliphatic rings. The summed E-state index contributed by atoms with van der Waals surface area (Å²) in [7, 11) is 0. The van der Waals surface area contributed by atoms with E-state index in [1.54, 1.807) is 12.1 Å². The third kappa shape index (κ3) is 3.03. The molecular formula is C15H15ClN2O3. The Morgan fingerprint density at radius 2 is 2.24 bits per heavy atom. The summed E-state index contributed by atoms with van der Waals surface area (Å²) in [5.41, 5.74) is 1.03. The Hall–Kier alpha value is -2.01. The maximum absolute atomic E-state index is 12.2. The van der Waals surface area contributed by atoms with Crippen LogP contribution >= 0.6 is 11.6 Å². The van der Waals surface area contributed by atoms with Crippen molar-refractivity contribution in [3.8, 4) is 5.75 Å². The molecule has 1 aliphatic carbocycles. The number of hydrogen-bond acceptors (Lipinski definition) is 3. The number of ether oxygens (including phenoxy) is 1. The van der Waals surface area contributed by atoms with E-state index in [1.807, 2.05) is 6.08 Å². The minimum Gasteiger partial charge on any atom is -0.482 e. The van der Waals surface area contributed by atoms with E-state index in [0.29, 0.717) is 22.1 Å². The molecule has 0 aromatic heterocycles. The Balaban J connectivity index is 1.78. The van der Waals surface area contributed by atoms with Gasteiger partial charge in [0.2, 0.25) is 5.91 Å². The van der Waals surface area contributed by atoms with Gasteiger partial charge in [-0.1, -0.05) is 23.8 Å². The molecule has 1 atom stereocenters. The Bertz CT molecular complexity index is 628. The highest BCUT2D eigenvalue weighted by molar-refractivity contribution is 6.34. The van der Waals surface area contributed by atoms with Gasteiger partial charge in [-0.15, -0.1) is 0 Å². The van der Waals surface area contributed by atoms with Gasteiger partial charge in [-0.05, 0) is 25.3 Å². The Kier molecular flexibility index (Phi) is 3.84. The fraction of sp³-hybridized carbons (Fsp3) is 0.333. The predicted molar refractivity (Wildman–Crippen MR) is 80.7 cm³/mol. The topological polar surface area (TPSA) is 67.4 Å². The van der Waals surface area contributed by atoms with Gasteiger partial charge >= 0.3 is 0 Å². The summed E-state index contributed by atoms with van der Waals surface area (Å²) < 4.78 is 5.33. The fourth-order valence-electron chi connectivity index (χ4n) is 2.46. The summed E-state index contributed by atoms with van der Waals surface area (Å²) in [6, 6.07) is 3.23. The molecule has 110 valence electrons. The third-order valence-corrected chi connectivity index (χ3v) is 3.91. The first kappa shape index (κ1) is 13.9. The van der Waals surface area contributed by atoms with Crippen LogP contribution in [0.15, 0.2) is 24.3 Å². The van der Waals surface area contributed by atoms with Gasteiger partial charge in [0.15, 0.2) is 6.61 Å². The lowest BCUT2D eigenvalue weighted by atomic mass is 9.93. The number of nitrogens with one attached hydrogen (secondary N) is 2. The number of fused-ring (bicyclic) bond motifs is 1. The Morgan fingerprint density at radius 3 is 3.00 bits per heavy atom. The summed E-state index contributed by atoms with van der Waals surface area (Å²) in [6.07, 6.45) is 6.64. The van der Waals surface area contributed by atoms with Crippen molar-refractivity contribution in [3.63, 3.8) is 0 Å². The number of hydrogen-bond donors (Lipinski definition) is 2. The maximum Gasteiger partial charge on any atom is 0.262 e. The zero-order valence-electron chi connectivity index (χ0n) is 11.3. The van der Waals surface area contributed by atoms with Crippen LogP contribution in [0.4, 0.5) is 11.4 Å².